The smallest absolute Gasteiger partial charge is 0.228 e. The Labute approximate surface area is 108 Å². The highest BCUT2D eigenvalue weighted by Gasteiger charge is 2.41. The van der Waals surface area contributed by atoms with Gasteiger partial charge in [-0.15, -0.1) is 0 Å². The molecule has 100 valence electrons. The van der Waals surface area contributed by atoms with Gasteiger partial charge in [0.2, 0.25) is 5.91 Å². The molecule has 1 aromatic heterocycles. The van der Waals surface area contributed by atoms with Crippen molar-refractivity contribution in [3.05, 3.63) is 11.6 Å². The third-order valence-corrected chi connectivity index (χ3v) is 4.06. The first-order valence-corrected chi connectivity index (χ1v) is 6.71. The van der Waals surface area contributed by atoms with Crippen LogP contribution < -0.4 is 0 Å². The van der Waals surface area contributed by atoms with Gasteiger partial charge in [-0.25, -0.2) is 4.98 Å². The van der Waals surface area contributed by atoms with Crippen LogP contribution in [0.5, 0.6) is 0 Å². The van der Waals surface area contributed by atoms with E-state index in [9.17, 15) is 4.79 Å². The molecular formula is C13H22N4O. The van der Waals surface area contributed by atoms with Crippen molar-refractivity contribution in [1.29, 1.82) is 0 Å². The fourth-order valence-electron chi connectivity index (χ4n) is 2.92. The second kappa shape index (κ2) is 5.08. The van der Waals surface area contributed by atoms with Gasteiger partial charge in [0.05, 0.1) is 6.54 Å². The molecule has 1 fully saturated rings. The summed E-state index contributed by atoms with van der Waals surface area (Å²) in [7, 11) is 1.85. The van der Waals surface area contributed by atoms with Crippen molar-refractivity contribution in [3.8, 4) is 0 Å². The van der Waals surface area contributed by atoms with Gasteiger partial charge in [0.25, 0.3) is 0 Å². The van der Waals surface area contributed by atoms with Crippen LogP contribution in [0.4, 0.5) is 0 Å². The molecule has 0 saturated heterocycles. The normalized spacial score (nSPS) is 17.9. The Hall–Kier alpha value is -1.39. The number of carbonyl (C=O) groups excluding carboxylic acids is 1. The molecule has 18 heavy (non-hydrogen) atoms. The van der Waals surface area contributed by atoms with E-state index in [1.165, 1.54) is 12.8 Å². The van der Waals surface area contributed by atoms with Gasteiger partial charge in [0.15, 0.2) is 5.82 Å². The number of hydrogen-bond donors (Lipinski definition) is 1. The molecule has 2 rings (SSSR count). The standard InChI is InChI=1S/C13H22N4O/c1-4-13(7-5-6-8-13)12(18)17(3)9-11-14-10(2)15-16-11/h4-9H2,1-3H3,(H,14,15,16). The van der Waals surface area contributed by atoms with E-state index in [1.54, 1.807) is 4.90 Å². The van der Waals surface area contributed by atoms with Crippen molar-refractivity contribution in [3.63, 3.8) is 0 Å². The summed E-state index contributed by atoms with van der Waals surface area (Å²) in [5, 5.41) is 6.89. The highest BCUT2D eigenvalue weighted by atomic mass is 16.2. The average Bonchev–Trinajstić information content (AvgIpc) is 2.98. The van der Waals surface area contributed by atoms with Crippen LogP contribution in [0, 0.1) is 12.3 Å². The van der Waals surface area contributed by atoms with Crippen LogP contribution in [-0.2, 0) is 11.3 Å². The van der Waals surface area contributed by atoms with Crippen molar-refractivity contribution in [2.45, 2.75) is 52.5 Å². The van der Waals surface area contributed by atoms with Crippen LogP contribution in [0.15, 0.2) is 0 Å². The lowest BCUT2D eigenvalue weighted by atomic mass is 9.82. The molecule has 0 bridgehead atoms. The van der Waals surface area contributed by atoms with E-state index >= 15 is 0 Å². The van der Waals surface area contributed by atoms with Gasteiger partial charge in [-0.2, -0.15) is 5.10 Å². The number of hydrogen-bond acceptors (Lipinski definition) is 3. The third kappa shape index (κ3) is 2.40. The maximum absolute atomic E-state index is 12.6. The molecule has 1 amide bonds. The summed E-state index contributed by atoms with van der Waals surface area (Å²) in [6.45, 7) is 4.47. The number of nitrogens with one attached hydrogen (secondary N) is 1. The van der Waals surface area contributed by atoms with Crippen molar-refractivity contribution >= 4 is 5.91 Å². The molecule has 1 saturated carbocycles. The Morgan fingerprint density at radius 2 is 2.11 bits per heavy atom. The minimum Gasteiger partial charge on any atom is -0.338 e. The zero-order valence-corrected chi connectivity index (χ0v) is 11.5. The van der Waals surface area contributed by atoms with E-state index in [4.69, 9.17) is 0 Å². The zero-order valence-electron chi connectivity index (χ0n) is 11.5. The summed E-state index contributed by atoms with van der Waals surface area (Å²) >= 11 is 0. The molecule has 1 N–H and O–H groups in total. The maximum atomic E-state index is 12.6. The number of rotatable bonds is 4. The molecule has 0 aromatic carbocycles. The predicted octanol–water partition coefficient (Wildman–Crippen LogP) is 2.04. The molecule has 0 unspecified atom stereocenters. The van der Waals surface area contributed by atoms with Gasteiger partial charge >= 0.3 is 0 Å². The molecule has 0 aliphatic heterocycles. The van der Waals surface area contributed by atoms with E-state index < -0.39 is 0 Å². The summed E-state index contributed by atoms with van der Waals surface area (Å²) in [4.78, 5) is 18.6. The van der Waals surface area contributed by atoms with Gasteiger partial charge in [0.1, 0.15) is 5.82 Å². The largest absolute Gasteiger partial charge is 0.338 e. The summed E-state index contributed by atoms with van der Waals surface area (Å²) < 4.78 is 0. The van der Waals surface area contributed by atoms with Crippen molar-refractivity contribution in [1.82, 2.24) is 20.1 Å². The van der Waals surface area contributed by atoms with Crippen LogP contribution >= 0.6 is 0 Å². The number of amides is 1. The molecule has 0 spiro atoms. The minimum atomic E-state index is -0.125. The fraction of sp³-hybridized carbons (Fsp3) is 0.769. The van der Waals surface area contributed by atoms with Gasteiger partial charge in [-0.05, 0) is 26.2 Å². The Morgan fingerprint density at radius 3 is 2.61 bits per heavy atom. The summed E-state index contributed by atoms with van der Waals surface area (Å²) in [6.07, 6.45) is 5.34. The first-order chi connectivity index (χ1) is 8.57. The van der Waals surface area contributed by atoms with Crippen LogP contribution in [0.1, 0.15) is 50.7 Å². The Morgan fingerprint density at radius 1 is 1.44 bits per heavy atom. The molecule has 1 aromatic rings. The molecular weight excluding hydrogens is 228 g/mol. The molecule has 5 nitrogen and oxygen atoms in total. The fourth-order valence-corrected chi connectivity index (χ4v) is 2.92. The highest BCUT2D eigenvalue weighted by molar-refractivity contribution is 5.82. The molecule has 1 aliphatic rings. The lowest BCUT2D eigenvalue weighted by molar-refractivity contribution is -0.141. The number of nitrogens with zero attached hydrogens (tertiary/aromatic N) is 3. The molecule has 0 atom stereocenters. The van der Waals surface area contributed by atoms with E-state index in [1.807, 2.05) is 14.0 Å². The van der Waals surface area contributed by atoms with Crippen molar-refractivity contribution in [2.24, 2.45) is 5.41 Å². The van der Waals surface area contributed by atoms with Gasteiger partial charge in [-0.1, -0.05) is 19.8 Å². The van der Waals surface area contributed by atoms with Crippen LogP contribution in [-0.4, -0.2) is 33.0 Å². The van der Waals surface area contributed by atoms with Crippen LogP contribution in [0.3, 0.4) is 0 Å². The third-order valence-electron chi connectivity index (χ3n) is 4.06. The summed E-state index contributed by atoms with van der Waals surface area (Å²) in [5.74, 6) is 1.73. The van der Waals surface area contributed by atoms with E-state index in [2.05, 4.69) is 22.1 Å². The molecule has 1 heterocycles. The SMILES string of the molecule is CCC1(C(=O)N(C)Cc2n[nH]c(C)n2)CCCC1. The molecule has 0 radical (unpaired) electrons. The Balaban J connectivity index is 2.04. The van der Waals surface area contributed by atoms with E-state index in [0.29, 0.717) is 12.4 Å². The second-order valence-electron chi connectivity index (χ2n) is 5.34. The Bertz CT molecular complexity index is 420. The van der Waals surface area contributed by atoms with E-state index in [-0.39, 0.29) is 11.3 Å². The second-order valence-corrected chi connectivity index (χ2v) is 5.34. The van der Waals surface area contributed by atoms with Gasteiger partial charge < -0.3 is 4.90 Å². The van der Waals surface area contributed by atoms with Crippen molar-refractivity contribution in [2.75, 3.05) is 7.05 Å². The highest BCUT2D eigenvalue weighted by Crippen LogP contribution is 2.42. The average molecular weight is 250 g/mol. The number of aromatic amines is 1. The minimum absolute atomic E-state index is 0.125. The lowest BCUT2D eigenvalue weighted by Crippen LogP contribution is -2.40. The van der Waals surface area contributed by atoms with Crippen LogP contribution in [0.2, 0.25) is 0 Å². The summed E-state index contributed by atoms with van der Waals surface area (Å²) in [6, 6.07) is 0. The van der Waals surface area contributed by atoms with Crippen LogP contribution in [0.25, 0.3) is 0 Å². The summed E-state index contributed by atoms with van der Waals surface area (Å²) in [5.41, 5.74) is -0.125. The first kappa shape index (κ1) is 13.1. The van der Waals surface area contributed by atoms with Gasteiger partial charge in [0, 0.05) is 12.5 Å². The number of H-pyrrole nitrogens is 1. The number of carbonyl (C=O) groups is 1. The number of aromatic nitrogens is 3. The topological polar surface area (TPSA) is 61.9 Å². The zero-order chi connectivity index (χ0) is 13.2. The van der Waals surface area contributed by atoms with Gasteiger partial charge in [-0.3, -0.25) is 9.89 Å². The monoisotopic (exact) mass is 250 g/mol. The van der Waals surface area contributed by atoms with E-state index in [0.717, 1.165) is 25.1 Å². The predicted molar refractivity (Wildman–Crippen MR) is 68.8 cm³/mol. The quantitative estimate of drug-likeness (QED) is 0.889. The van der Waals surface area contributed by atoms with Crippen molar-refractivity contribution < 1.29 is 4.79 Å². The maximum Gasteiger partial charge on any atom is 0.228 e. The molecule has 1 aliphatic carbocycles. The Kier molecular flexibility index (Phi) is 3.68. The first-order valence-electron chi connectivity index (χ1n) is 6.71. The number of aryl methyl sites for hydroxylation is 1. The lowest BCUT2D eigenvalue weighted by Gasteiger charge is -2.30. The molecule has 5 heteroatoms.